The van der Waals surface area contributed by atoms with Gasteiger partial charge in [-0.2, -0.15) is 0 Å². The Morgan fingerprint density at radius 1 is 1.17 bits per heavy atom. The van der Waals surface area contributed by atoms with E-state index in [2.05, 4.69) is 0 Å². The molecule has 0 heterocycles. The molecular formula is C10H15NO. The standard InChI is InChI=1S/C8H9NO.C2H6/c1-6-2-4-7(5-3-6)8(9)10;1-2/h2-5H,1H3,(H2,9,10);1-2H3. The van der Waals surface area contributed by atoms with Crippen molar-refractivity contribution in [2.45, 2.75) is 20.8 Å². The molecule has 0 aliphatic carbocycles. The van der Waals surface area contributed by atoms with E-state index < -0.39 is 0 Å². The summed E-state index contributed by atoms with van der Waals surface area (Å²) in [5.74, 6) is -0.375. The van der Waals surface area contributed by atoms with E-state index in [1.54, 1.807) is 12.1 Å². The molecule has 2 nitrogen and oxygen atoms in total. The van der Waals surface area contributed by atoms with Gasteiger partial charge in [-0.05, 0) is 19.1 Å². The second-order valence-corrected chi connectivity index (χ2v) is 2.23. The highest BCUT2D eigenvalue weighted by molar-refractivity contribution is 5.92. The molecule has 0 radical (unpaired) electrons. The highest BCUT2D eigenvalue weighted by atomic mass is 16.1. The number of carbonyl (C=O) groups excluding carboxylic acids is 1. The molecule has 0 atom stereocenters. The van der Waals surface area contributed by atoms with Crippen LogP contribution in [-0.4, -0.2) is 5.91 Å². The Kier molecular flexibility index (Phi) is 4.77. The Morgan fingerprint density at radius 3 is 1.92 bits per heavy atom. The van der Waals surface area contributed by atoms with Crippen molar-refractivity contribution in [3.63, 3.8) is 0 Å². The van der Waals surface area contributed by atoms with Crippen molar-refractivity contribution in [3.8, 4) is 0 Å². The van der Waals surface area contributed by atoms with Gasteiger partial charge >= 0.3 is 0 Å². The van der Waals surface area contributed by atoms with Gasteiger partial charge in [-0.15, -0.1) is 0 Å². The van der Waals surface area contributed by atoms with E-state index in [0.717, 1.165) is 5.56 Å². The van der Waals surface area contributed by atoms with Crippen molar-refractivity contribution in [1.82, 2.24) is 0 Å². The van der Waals surface area contributed by atoms with Gasteiger partial charge in [0.2, 0.25) is 5.91 Å². The van der Waals surface area contributed by atoms with Gasteiger partial charge in [-0.3, -0.25) is 4.79 Å². The smallest absolute Gasteiger partial charge is 0.248 e. The van der Waals surface area contributed by atoms with Crippen LogP contribution in [0.25, 0.3) is 0 Å². The maximum absolute atomic E-state index is 10.5. The molecule has 0 unspecified atom stereocenters. The number of amides is 1. The normalized spacial score (nSPS) is 8.25. The van der Waals surface area contributed by atoms with E-state index in [0.29, 0.717) is 5.56 Å². The van der Waals surface area contributed by atoms with Gasteiger partial charge in [0.05, 0.1) is 0 Å². The van der Waals surface area contributed by atoms with Crippen LogP contribution in [0.2, 0.25) is 0 Å². The summed E-state index contributed by atoms with van der Waals surface area (Å²) in [7, 11) is 0. The minimum absolute atomic E-state index is 0.375. The molecule has 1 rings (SSSR count). The lowest BCUT2D eigenvalue weighted by Crippen LogP contribution is -2.10. The predicted molar refractivity (Wildman–Crippen MR) is 51.0 cm³/mol. The Morgan fingerprint density at radius 2 is 1.58 bits per heavy atom. The third-order valence-corrected chi connectivity index (χ3v) is 1.34. The van der Waals surface area contributed by atoms with E-state index in [-0.39, 0.29) is 5.91 Å². The summed E-state index contributed by atoms with van der Waals surface area (Å²) in [5.41, 5.74) is 6.72. The van der Waals surface area contributed by atoms with Gasteiger partial charge in [0, 0.05) is 5.56 Å². The van der Waals surface area contributed by atoms with Crippen LogP contribution in [0.3, 0.4) is 0 Å². The van der Waals surface area contributed by atoms with E-state index >= 15 is 0 Å². The Labute approximate surface area is 73.4 Å². The average Bonchev–Trinajstić information content (AvgIpc) is 2.09. The summed E-state index contributed by atoms with van der Waals surface area (Å²) in [6, 6.07) is 7.16. The predicted octanol–water partition coefficient (Wildman–Crippen LogP) is 2.12. The zero-order valence-corrected chi connectivity index (χ0v) is 7.79. The second-order valence-electron chi connectivity index (χ2n) is 2.23. The molecule has 12 heavy (non-hydrogen) atoms. The third kappa shape index (κ3) is 3.19. The molecule has 0 saturated heterocycles. The zero-order chi connectivity index (χ0) is 9.56. The van der Waals surface area contributed by atoms with Gasteiger partial charge < -0.3 is 5.73 Å². The molecule has 0 fully saturated rings. The van der Waals surface area contributed by atoms with Gasteiger partial charge in [0.25, 0.3) is 0 Å². The second kappa shape index (κ2) is 5.35. The van der Waals surface area contributed by atoms with Crippen LogP contribution in [0, 0.1) is 6.92 Å². The number of benzene rings is 1. The number of hydrogen-bond donors (Lipinski definition) is 1. The molecular weight excluding hydrogens is 150 g/mol. The fourth-order valence-electron chi connectivity index (χ4n) is 0.718. The number of nitrogens with two attached hydrogens (primary N) is 1. The van der Waals surface area contributed by atoms with Crippen molar-refractivity contribution < 1.29 is 4.79 Å². The SMILES string of the molecule is CC.Cc1ccc(C(N)=O)cc1. The molecule has 0 aromatic heterocycles. The molecule has 66 valence electrons. The van der Waals surface area contributed by atoms with Crippen LogP contribution in [-0.2, 0) is 0 Å². The lowest BCUT2D eigenvalue weighted by Gasteiger charge is -1.93. The number of carbonyl (C=O) groups is 1. The quantitative estimate of drug-likeness (QED) is 0.680. The van der Waals surface area contributed by atoms with Gasteiger partial charge in [0.15, 0.2) is 0 Å². The topological polar surface area (TPSA) is 43.1 Å². The van der Waals surface area contributed by atoms with Crippen molar-refractivity contribution >= 4 is 5.91 Å². The van der Waals surface area contributed by atoms with Crippen LogP contribution in [0.15, 0.2) is 24.3 Å². The molecule has 0 bridgehead atoms. The lowest BCUT2D eigenvalue weighted by atomic mass is 10.1. The molecule has 0 aliphatic heterocycles. The lowest BCUT2D eigenvalue weighted by molar-refractivity contribution is 0.100. The number of primary amides is 1. The maximum atomic E-state index is 10.5. The molecule has 1 amide bonds. The maximum Gasteiger partial charge on any atom is 0.248 e. The van der Waals surface area contributed by atoms with Crippen molar-refractivity contribution in [1.29, 1.82) is 0 Å². The van der Waals surface area contributed by atoms with Crippen LogP contribution >= 0.6 is 0 Å². The molecule has 0 saturated carbocycles. The number of hydrogen-bond acceptors (Lipinski definition) is 1. The highest BCUT2D eigenvalue weighted by Gasteiger charge is 1.95. The largest absolute Gasteiger partial charge is 0.366 e. The molecule has 2 N–H and O–H groups in total. The monoisotopic (exact) mass is 165 g/mol. The molecule has 1 aromatic rings. The number of rotatable bonds is 1. The summed E-state index contributed by atoms with van der Waals surface area (Å²) in [6.07, 6.45) is 0. The Bertz CT molecular complexity index is 239. The molecule has 0 spiro atoms. The van der Waals surface area contributed by atoms with Gasteiger partial charge in [-0.1, -0.05) is 31.5 Å². The highest BCUT2D eigenvalue weighted by Crippen LogP contribution is 2.00. The first-order valence-corrected chi connectivity index (χ1v) is 4.06. The Balaban J connectivity index is 0.000000561. The van der Waals surface area contributed by atoms with Crippen molar-refractivity contribution in [2.75, 3.05) is 0 Å². The molecule has 0 aliphatic rings. The fourth-order valence-corrected chi connectivity index (χ4v) is 0.718. The minimum Gasteiger partial charge on any atom is -0.366 e. The van der Waals surface area contributed by atoms with E-state index in [9.17, 15) is 4.79 Å². The molecule has 1 aromatic carbocycles. The fraction of sp³-hybridized carbons (Fsp3) is 0.300. The van der Waals surface area contributed by atoms with E-state index in [1.807, 2.05) is 32.9 Å². The minimum atomic E-state index is -0.375. The first kappa shape index (κ1) is 10.7. The first-order chi connectivity index (χ1) is 5.70. The van der Waals surface area contributed by atoms with E-state index in [1.165, 1.54) is 0 Å². The summed E-state index contributed by atoms with van der Waals surface area (Å²) in [5, 5.41) is 0. The number of aryl methyl sites for hydroxylation is 1. The van der Waals surface area contributed by atoms with Crippen LogP contribution < -0.4 is 5.73 Å². The van der Waals surface area contributed by atoms with E-state index in [4.69, 9.17) is 5.73 Å². The van der Waals surface area contributed by atoms with Gasteiger partial charge in [-0.25, -0.2) is 0 Å². The van der Waals surface area contributed by atoms with Crippen LogP contribution in [0.1, 0.15) is 29.8 Å². The van der Waals surface area contributed by atoms with Gasteiger partial charge in [0.1, 0.15) is 0 Å². The summed E-state index contributed by atoms with van der Waals surface area (Å²) in [6.45, 7) is 5.96. The van der Waals surface area contributed by atoms with Crippen LogP contribution in [0.4, 0.5) is 0 Å². The third-order valence-electron chi connectivity index (χ3n) is 1.34. The molecule has 2 heteroatoms. The zero-order valence-electron chi connectivity index (χ0n) is 7.79. The average molecular weight is 165 g/mol. The van der Waals surface area contributed by atoms with Crippen LogP contribution in [0.5, 0.6) is 0 Å². The summed E-state index contributed by atoms with van der Waals surface area (Å²) >= 11 is 0. The van der Waals surface area contributed by atoms with Crippen molar-refractivity contribution in [3.05, 3.63) is 35.4 Å². The van der Waals surface area contributed by atoms with Crippen molar-refractivity contribution in [2.24, 2.45) is 5.73 Å². The first-order valence-electron chi connectivity index (χ1n) is 4.06. The Hall–Kier alpha value is -1.31. The summed E-state index contributed by atoms with van der Waals surface area (Å²) in [4.78, 5) is 10.5. The summed E-state index contributed by atoms with van der Waals surface area (Å²) < 4.78 is 0.